The van der Waals surface area contributed by atoms with Gasteiger partial charge in [-0.25, -0.2) is 9.13 Å². The molecule has 4 unspecified atom stereocenters. The summed E-state index contributed by atoms with van der Waals surface area (Å²) in [5.74, 6) is 0.900. The number of unbranched alkanes of at least 4 members (excludes halogenated alkanes) is 33. The Morgan fingerprint density at radius 2 is 0.527 bits per heavy atom. The van der Waals surface area contributed by atoms with E-state index in [1.807, 2.05) is 0 Å². The summed E-state index contributed by atoms with van der Waals surface area (Å²) < 4.78 is 68.3. The van der Waals surface area contributed by atoms with Crippen LogP contribution in [0.15, 0.2) is 0 Å². The summed E-state index contributed by atoms with van der Waals surface area (Å²) in [6.07, 6.45) is 44.6. The molecule has 0 rings (SSSR count). The molecule has 0 saturated carbocycles. The number of aliphatic hydroxyl groups is 1. The zero-order chi connectivity index (χ0) is 67.5. The Kier molecular flexibility index (Phi) is 60.3. The van der Waals surface area contributed by atoms with E-state index in [0.717, 1.165) is 108 Å². The van der Waals surface area contributed by atoms with Crippen molar-refractivity contribution in [3.8, 4) is 0 Å². The third-order valence-corrected chi connectivity index (χ3v) is 19.2. The minimum Gasteiger partial charge on any atom is -0.462 e. The zero-order valence-corrected chi connectivity index (χ0v) is 61.3. The second-order valence-corrected chi connectivity index (χ2v) is 30.3. The van der Waals surface area contributed by atoms with Gasteiger partial charge in [-0.2, -0.15) is 0 Å². The number of hydrogen-bond donors (Lipinski definition) is 3. The first kappa shape index (κ1) is 89.1. The molecule has 0 aromatic carbocycles. The lowest BCUT2D eigenvalue weighted by Gasteiger charge is -2.21. The zero-order valence-electron chi connectivity index (χ0n) is 59.5. The highest BCUT2D eigenvalue weighted by atomic mass is 31.2. The molecule has 3 N–H and O–H groups in total. The lowest BCUT2D eigenvalue weighted by molar-refractivity contribution is -0.161. The van der Waals surface area contributed by atoms with Crippen molar-refractivity contribution in [2.75, 3.05) is 39.6 Å². The smallest absolute Gasteiger partial charge is 0.462 e. The maximum absolute atomic E-state index is 13.0. The van der Waals surface area contributed by atoms with E-state index in [9.17, 15) is 43.2 Å². The number of ether oxygens (including phenoxy) is 4. The summed E-state index contributed by atoms with van der Waals surface area (Å²) in [6.45, 7) is 14.1. The molecular weight excluding hydrogens is 1200 g/mol. The van der Waals surface area contributed by atoms with Crippen LogP contribution in [0.3, 0.4) is 0 Å². The van der Waals surface area contributed by atoms with Crippen molar-refractivity contribution in [3.05, 3.63) is 0 Å². The van der Waals surface area contributed by atoms with Gasteiger partial charge in [-0.3, -0.25) is 37.3 Å². The summed E-state index contributed by atoms with van der Waals surface area (Å²) in [5, 5.41) is 10.6. The van der Waals surface area contributed by atoms with Crippen LogP contribution in [0.2, 0.25) is 0 Å². The predicted octanol–water partition coefficient (Wildman–Crippen LogP) is 20.5. The molecule has 0 aliphatic carbocycles. The highest BCUT2D eigenvalue weighted by Gasteiger charge is 2.30. The van der Waals surface area contributed by atoms with Gasteiger partial charge in [-0.05, 0) is 49.4 Å². The van der Waals surface area contributed by atoms with Gasteiger partial charge >= 0.3 is 39.5 Å². The number of phosphoric ester groups is 2. The second kappa shape index (κ2) is 61.6. The lowest BCUT2D eigenvalue weighted by atomic mass is 9.99. The lowest BCUT2D eigenvalue weighted by Crippen LogP contribution is -2.30. The normalized spacial score (nSPS) is 14.8. The third-order valence-electron chi connectivity index (χ3n) is 17.3. The first-order chi connectivity index (χ1) is 43.7. The quantitative estimate of drug-likeness (QED) is 0.0222. The van der Waals surface area contributed by atoms with Crippen molar-refractivity contribution < 1.29 is 80.2 Å². The number of carbonyl (C=O) groups excluding carboxylic acids is 4. The van der Waals surface area contributed by atoms with Gasteiger partial charge in [0.1, 0.15) is 19.3 Å². The van der Waals surface area contributed by atoms with Crippen molar-refractivity contribution in [1.82, 2.24) is 0 Å². The van der Waals surface area contributed by atoms with E-state index in [2.05, 4.69) is 55.4 Å². The van der Waals surface area contributed by atoms with Crippen LogP contribution >= 0.6 is 15.6 Å². The molecule has 0 bridgehead atoms. The number of rotatable bonds is 69. The maximum Gasteiger partial charge on any atom is 0.472 e. The van der Waals surface area contributed by atoms with Crippen molar-refractivity contribution in [2.45, 2.75) is 375 Å². The van der Waals surface area contributed by atoms with E-state index >= 15 is 0 Å². The first-order valence-electron chi connectivity index (χ1n) is 37.3. The van der Waals surface area contributed by atoms with Crippen LogP contribution < -0.4 is 0 Å². The fourth-order valence-corrected chi connectivity index (χ4v) is 12.4. The van der Waals surface area contributed by atoms with E-state index in [1.54, 1.807) is 0 Å². The summed E-state index contributed by atoms with van der Waals surface area (Å²) >= 11 is 0. The molecule has 0 aliphatic heterocycles. The van der Waals surface area contributed by atoms with Crippen LogP contribution in [0.5, 0.6) is 0 Å². The fraction of sp³-hybridized carbons (Fsp3) is 0.944. The molecular formula is C72H140O17P2. The Morgan fingerprint density at radius 3 is 0.780 bits per heavy atom. The van der Waals surface area contributed by atoms with Gasteiger partial charge < -0.3 is 33.8 Å². The molecule has 0 heterocycles. The summed E-state index contributed by atoms with van der Waals surface area (Å²) in [4.78, 5) is 72.6. The van der Waals surface area contributed by atoms with Gasteiger partial charge in [0.15, 0.2) is 12.2 Å². The molecule has 91 heavy (non-hydrogen) atoms. The minimum atomic E-state index is -4.95. The molecule has 0 spiro atoms. The minimum absolute atomic E-state index is 0.103. The number of esters is 4. The van der Waals surface area contributed by atoms with Gasteiger partial charge in [0.2, 0.25) is 0 Å². The Morgan fingerprint density at radius 1 is 0.308 bits per heavy atom. The number of hydrogen-bond acceptors (Lipinski definition) is 15. The van der Waals surface area contributed by atoms with E-state index < -0.39 is 97.5 Å². The standard InChI is InChI=1S/C72H140O17P2/c1-9-64(7)50-42-34-25-19-15-13-11-12-14-16-22-28-38-46-54-71(76)88-68(59-83-70(75)53-45-37-31-30-33-41-49-63(5)6)61-87-91(80,81)85-57-66(73)56-84-90(78,79)86-60-67(89-72(77)55-47-39-29-23-24-32-40-48-62(3)4)58-82-69(74)52-44-36-27-21-18-17-20-26-35-43-51-65(8)10-2/h62-68,73H,9-61H2,1-8H3,(H,78,79)(H,80,81)/t64?,65?,66-,67-,68-/m1/s1. The highest BCUT2D eigenvalue weighted by molar-refractivity contribution is 7.47. The molecule has 0 aliphatic rings. The Hall–Kier alpha value is -1.94. The van der Waals surface area contributed by atoms with E-state index in [4.69, 9.17) is 37.0 Å². The Bertz CT molecular complexity index is 1800. The van der Waals surface area contributed by atoms with Gasteiger partial charge in [0, 0.05) is 25.7 Å². The fourth-order valence-electron chi connectivity index (χ4n) is 10.8. The van der Waals surface area contributed by atoms with Crippen LogP contribution in [0.25, 0.3) is 0 Å². The van der Waals surface area contributed by atoms with E-state index in [-0.39, 0.29) is 25.7 Å². The number of carbonyl (C=O) groups is 4. The van der Waals surface area contributed by atoms with Crippen LogP contribution in [0.4, 0.5) is 0 Å². The maximum atomic E-state index is 13.0. The molecule has 0 aromatic rings. The largest absolute Gasteiger partial charge is 0.472 e. The highest BCUT2D eigenvalue weighted by Crippen LogP contribution is 2.45. The molecule has 0 aromatic heterocycles. The molecule has 540 valence electrons. The SMILES string of the molecule is CCC(C)CCCCCCCCCCCCCCCCC(=O)O[C@H](COC(=O)CCCCCCCCC(C)C)COP(=O)(O)OC[C@H](O)COP(=O)(O)OC[C@@H](COC(=O)CCCCCCCCCCCCC(C)CC)OC(=O)CCCCCCCCCC(C)C. The van der Waals surface area contributed by atoms with Crippen molar-refractivity contribution in [3.63, 3.8) is 0 Å². The molecule has 17 nitrogen and oxygen atoms in total. The van der Waals surface area contributed by atoms with Gasteiger partial charge in [-0.1, -0.05) is 306 Å². The second-order valence-electron chi connectivity index (χ2n) is 27.4. The van der Waals surface area contributed by atoms with Crippen LogP contribution in [-0.4, -0.2) is 96.7 Å². The van der Waals surface area contributed by atoms with Gasteiger partial charge in [-0.15, -0.1) is 0 Å². The number of aliphatic hydroxyl groups excluding tert-OH is 1. The van der Waals surface area contributed by atoms with Gasteiger partial charge in [0.05, 0.1) is 26.4 Å². The predicted molar refractivity (Wildman–Crippen MR) is 367 cm³/mol. The summed E-state index contributed by atoms with van der Waals surface area (Å²) in [6, 6.07) is 0. The van der Waals surface area contributed by atoms with Crippen molar-refractivity contribution in [2.24, 2.45) is 23.7 Å². The van der Waals surface area contributed by atoms with E-state index in [1.165, 1.54) is 154 Å². The molecule has 0 fully saturated rings. The third kappa shape index (κ3) is 63.9. The molecule has 7 atom stereocenters. The van der Waals surface area contributed by atoms with Crippen LogP contribution in [0.1, 0.15) is 357 Å². The average Bonchev–Trinajstić information content (AvgIpc) is 3.48. The summed E-state index contributed by atoms with van der Waals surface area (Å²) in [5.41, 5.74) is 0. The summed E-state index contributed by atoms with van der Waals surface area (Å²) in [7, 11) is -9.90. The van der Waals surface area contributed by atoms with Gasteiger partial charge in [0.25, 0.3) is 0 Å². The monoisotopic (exact) mass is 1340 g/mol. The topological polar surface area (TPSA) is 237 Å². The van der Waals surface area contributed by atoms with E-state index in [0.29, 0.717) is 37.5 Å². The molecule has 19 heteroatoms. The molecule has 0 amide bonds. The van der Waals surface area contributed by atoms with Crippen LogP contribution in [0, 0.1) is 23.7 Å². The number of phosphoric acid groups is 2. The average molecular weight is 1340 g/mol. The first-order valence-corrected chi connectivity index (χ1v) is 40.3. The molecule has 0 radical (unpaired) electrons. The van der Waals surface area contributed by atoms with Crippen LogP contribution in [-0.2, 0) is 65.4 Å². The Labute approximate surface area is 556 Å². The Balaban J connectivity index is 5.20. The molecule has 0 saturated heterocycles. The van der Waals surface area contributed by atoms with Crippen molar-refractivity contribution in [1.29, 1.82) is 0 Å². The van der Waals surface area contributed by atoms with Crippen molar-refractivity contribution >= 4 is 39.5 Å².